The van der Waals surface area contributed by atoms with E-state index in [1.165, 1.54) is 5.56 Å². The Morgan fingerprint density at radius 1 is 1.10 bits per heavy atom. The maximum atomic E-state index is 11.9. The number of nitrogens with one attached hydrogen (secondary N) is 1. The van der Waals surface area contributed by atoms with Crippen molar-refractivity contribution in [2.45, 2.75) is 26.7 Å². The predicted octanol–water partition coefficient (Wildman–Crippen LogP) is 3.19. The van der Waals surface area contributed by atoms with Gasteiger partial charge in [0.1, 0.15) is 0 Å². The third-order valence-electron chi connectivity index (χ3n) is 3.18. The second-order valence-electron chi connectivity index (χ2n) is 4.82. The Bertz CT molecular complexity index is 618. The lowest BCUT2D eigenvalue weighted by atomic mass is 10.1. The molecule has 1 aromatic carbocycles. The minimum Gasteiger partial charge on any atom is -0.267 e. The summed E-state index contributed by atoms with van der Waals surface area (Å²) >= 11 is 0. The number of hydrogen-bond donors (Lipinski definition) is 1. The smallest absolute Gasteiger partial charge is 0.267 e. The van der Waals surface area contributed by atoms with Gasteiger partial charge in [0, 0.05) is 18.0 Å². The molecule has 0 radical (unpaired) electrons. The van der Waals surface area contributed by atoms with Crippen molar-refractivity contribution >= 4 is 11.6 Å². The van der Waals surface area contributed by atoms with Crippen LogP contribution in [0, 0.1) is 0 Å². The molecule has 4 heteroatoms. The number of carbonyl (C=O) groups is 1. The Morgan fingerprint density at radius 2 is 1.76 bits per heavy atom. The Morgan fingerprint density at radius 3 is 2.38 bits per heavy atom. The number of amides is 1. The molecule has 21 heavy (non-hydrogen) atoms. The van der Waals surface area contributed by atoms with Crippen LogP contribution in [0.15, 0.2) is 53.9 Å². The summed E-state index contributed by atoms with van der Waals surface area (Å²) in [4.78, 5) is 15.8. The number of pyridine rings is 1. The molecule has 1 amide bonds. The van der Waals surface area contributed by atoms with Gasteiger partial charge in [0.2, 0.25) is 0 Å². The van der Waals surface area contributed by atoms with E-state index < -0.39 is 0 Å². The standard InChI is InChI=1S/C17H19N3O/c1-3-4-14-5-7-15(8-6-14)13(2)19-20-17(21)16-9-11-18-12-10-16/h5-12H,3-4H2,1-2H3,(H,20,21)/b19-13+. The van der Waals surface area contributed by atoms with Gasteiger partial charge < -0.3 is 0 Å². The predicted molar refractivity (Wildman–Crippen MR) is 84.4 cm³/mol. The van der Waals surface area contributed by atoms with Crippen LogP contribution in [0.1, 0.15) is 41.8 Å². The Balaban J connectivity index is 2.02. The van der Waals surface area contributed by atoms with E-state index in [2.05, 4.69) is 34.6 Å². The Hall–Kier alpha value is -2.49. The molecule has 108 valence electrons. The highest BCUT2D eigenvalue weighted by Gasteiger charge is 2.04. The largest absolute Gasteiger partial charge is 0.271 e. The minimum atomic E-state index is -0.237. The van der Waals surface area contributed by atoms with Crippen molar-refractivity contribution in [1.29, 1.82) is 0 Å². The van der Waals surface area contributed by atoms with Crippen molar-refractivity contribution in [2.24, 2.45) is 5.10 Å². The van der Waals surface area contributed by atoms with Gasteiger partial charge in [-0.1, -0.05) is 37.6 Å². The topological polar surface area (TPSA) is 54.4 Å². The van der Waals surface area contributed by atoms with E-state index in [0.29, 0.717) is 5.56 Å². The van der Waals surface area contributed by atoms with E-state index in [9.17, 15) is 4.79 Å². The lowest BCUT2D eigenvalue weighted by molar-refractivity contribution is 0.0954. The summed E-state index contributed by atoms with van der Waals surface area (Å²) in [6.07, 6.45) is 5.37. The van der Waals surface area contributed by atoms with Gasteiger partial charge in [0.25, 0.3) is 5.91 Å². The number of aromatic nitrogens is 1. The first-order valence-electron chi connectivity index (χ1n) is 7.04. The number of aryl methyl sites for hydroxylation is 1. The molecule has 0 aliphatic carbocycles. The first kappa shape index (κ1) is 14.9. The number of carbonyl (C=O) groups excluding carboxylic acids is 1. The van der Waals surface area contributed by atoms with E-state index in [1.807, 2.05) is 19.1 Å². The highest BCUT2D eigenvalue weighted by molar-refractivity contribution is 6.00. The molecule has 0 spiro atoms. The summed E-state index contributed by atoms with van der Waals surface area (Å²) in [5.74, 6) is -0.237. The van der Waals surface area contributed by atoms with E-state index in [4.69, 9.17) is 0 Å². The fourth-order valence-corrected chi connectivity index (χ4v) is 1.97. The molecule has 2 rings (SSSR count). The van der Waals surface area contributed by atoms with Crippen molar-refractivity contribution in [3.05, 3.63) is 65.5 Å². The highest BCUT2D eigenvalue weighted by Crippen LogP contribution is 2.07. The molecule has 0 aliphatic rings. The summed E-state index contributed by atoms with van der Waals surface area (Å²) in [6.45, 7) is 4.04. The van der Waals surface area contributed by atoms with Crippen LogP contribution < -0.4 is 5.43 Å². The minimum absolute atomic E-state index is 0.237. The molecule has 1 heterocycles. The van der Waals surface area contributed by atoms with Crippen LogP contribution in [-0.4, -0.2) is 16.6 Å². The fourth-order valence-electron chi connectivity index (χ4n) is 1.97. The third-order valence-corrected chi connectivity index (χ3v) is 3.18. The van der Waals surface area contributed by atoms with E-state index >= 15 is 0 Å². The first-order chi connectivity index (χ1) is 10.2. The lowest BCUT2D eigenvalue weighted by Gasteiger charge is -2.04. The molecule has 0 atom stereocenters. The number of nitrogens with zero attached hydrogens (tertiary/aromatic N) is 2. The lowest BCUT2D eigenvalue weighted by Crippen LogP contribution is -2.19. The number of rotatable bonds is 5. The van der Waals surface area contributed by atoms with Gasteiger partial charge in [0.05, 0.1) is 5.71 Å². The van der Waals surface area contributed by atoms with E-state index in [-0.39, 0.29) is 5.91 Å². The molecule has 1 aromatic heterocycles. The zero-order chi connectivity index (χ0) is 15.1. The van der Waals surface area contributed by atoms with Gasteiger partial charge in [-0.2, -0.15) is 5.10 Å². The zero-order valence-corrected chi connectivity index (χ0v) is 12.3. The summed E-state index contributed by atoms with van der Waals surface area (Å²) in [5, 5.41) is 4.14. The molecule has 0 saturated heterocycles. The van der Waals surface area contributed by atoms with Gasteiger partial charge in [0.15, 0.2) is 0 Å². The van der Waals surface area contributed by atoms with Crippen LogP contribution in [-0.2, 0) is 6.42 Å². The van der Waals surface area contributed by atoms with Gasteiger partial charge in [-0.3, -0.25) is 9.78 Å². The molecular formula is C17H19N3O. The summed E-state index contributed by atoms with van der Waals surface area (Å²) in [6, 6.07) is 11.6. The van der Waals surface area contributed by atoms with E-state index in [0.717, 1.165) is 24.1 Å². The van der Waals surface area contributed by atoms with Crippen molar-refractivity contribution in [1.82, 2.24) is 10.4 Å². The monoisotopic (exact) mass is 281 g/mol. The molecule has 1 N–H and O–H groups in total. The average Bonchev–Trinajstić information content (AvgIpc) is 2.54. The zero-order valence-electron chi connectivity index (χ0n) is 12.3. The second-order valence-corrected chi connectivity index (χ2v) is 4.82. The maximum absolute atomic E-state index is 11.9. The van der Waals surface area contributed by atoms with Crippen LogP contribution in [0.3, 0.4) is 0 Å². The van der Waals surface area contributed by atoms with Crippen molar-refractivity contribution in [2.75, 3.05) is 0 Å². The van der Waals surface area contributed by atoms with Gasteiger partial charge >= 0.3 is 0 Å². The molecule has 0 fully saturated rings. The highest BCUT2D eigenvalue weighted by atomic mass is 16.2. The van der Waals surface area contributed by atoms with Crippen LogP contribution in [0.4, 0.5) is 0 Å². The number of hydrazone groups is 1. The molecule has 0 aliphatic heterocycles. The molecule has 0 bridgehead atoms. The first-order valence-corrected chi connectivity index (χ1v) is 7.04. The third kappa shape index (κ3) is 4.24. The normalized spacial score (nSPS) is 11.2. The van der Waals surface area contributed by atoms with Gasteiger partial charge in [-0.05, 0) is 36.6 Å². The molecule has 2 aromatic rings. The number of benzene rings is 1. The SMILES string of the molecule is CCCc1ccc(/C(C)=N/NC(=O)c2ccncc2)cc1. The molecule has 4 nitrogen and oxygen atoms in total. The van der Waals surface area contributed by atoms with Crippen LogP contribution in [0.2, 0.25) is 0 Å². The van der Waals surface area contributed by atoms with Crippen molar-refractivity contribution in [3.63, 3.8) is 0 Å². The van der Waals surface area contributed by atoms with Crippen LogP contribution in [0.25, 0.3) is 0 Å². The molecule has 0 saturated carbocycles. The summed E-state index contributed by atoms with van der Waals surface area (Å²) in [7, 11) is 0. The maximum Gasteiger partial charge on any atom is 0.271 e. The fraction of sp³-hybridized carbons (Fsp3) is 0.235. The second kappa shape index (κ2) is 7.33. The van der Waals surface area contributed by atoms with Crippen LogP contribution in [0.5, 0.6) is 0 Å². The summed E-state index contributed by atoms with van der Waals surface area (Å²) in [5.41, 5.74) is 6.20. The summed E-state index contributed by atoms with van der Waals surface area (Å²) < 4.78 is 0. The van der Waals surface area contributed by atoms with Gasteiger partial charge in [-0.25, -0.2) is 5.43 Å². The quantitative estimate of drug-likeness (QED) is 0.676. The number of hydrogen-bond acceptors (Lipinski definition) is 3. The van der Waals surface area contributed by atoms with E-state index in [1.54, 1.807) is 24.5 Å². The van der Waals surface area contributed by atoms with Crippen molar-refractivity contribution in [3.8, 4) is 0 Å². The molecular weight excluding hydrogens is 262 g/mol. The Labute approximate surface area is 124 Å². The van der Waals surface area contributed by atoms with Gasteiger partial charge in [-0.15, -0.1) is 0 Å². The molecule has 0 unspecified atom stereocenters. The Kier molecular flexibility index (Phi) is 5.21. The van der Waals surface area contributed by atoms with Crippen molar-refractivity contribution < 1.29 is 4.79 Å². The van der Waals surface area contributed by atoms with Crippen LogP contribution >= 0.6 is 0 Å². The average molecular weight is 281 g/mol.